The lowest BCUT2D eigenvalue weighted by atomic mass is 9.95. The highest BCUT2D eigenvalue weighted by Gasteiger charge is 2.48. The SMILES string of the molecule is CCCOc1cccc(/C(O)=C2\C(=O)C(=O)N(c3nc4ccc(F)cc4s3)C2c2cccc(Br)c2)c1. The van der Waals surface area contributed by atoms with E-state index >= 15 is 0 Å². The predicted molar refractivity (Wildman–Crippen MR) is 141 cm³/mol. The normalized spacial score (nSPS) is 17.2. The van der Waals surface area contributed by atoms with Crippen LogP contribution in [0.25, 0.3) is 16.0 Å². The molecule has 1 aliphatic rings. The standard InChI is InChI=1S/C27H20BrFN2O4S/c1-2-11-35-19-8-4-6-16(13-19)24(32)22-23(15-5-3-7-17(28)12-15)31(26(34)25(22)33)27-30-20-10-9-18(29)14-21(20)36-27/h3-10,12-14,23,32H,2,11H2,1H3/b24-22+. The number of aliphatic hydroxyl groups excluding tert-OH is 1. The average molecular weight is 567 g/mol. The molecule has 4 aromatic rings. The van der Waals surface area contributed by atoms with Crippen LogP contribution in [-0.4, -0.2) is 28.4 Å². The van der Waals surface area contributed by atoms with Crippen LogP contribution in [0, 0.1) is 5.82 Å². The number of anilines is 1. The molecule has 36 heavy (non-hydrogen) atoms. The van der Waals surface area contributed by atoms with Crippen molar-refractivity contribution in [1.29, 1.82) is 0 Å². The third-order valence-electron chi connectivity index (χ3n) is 5.73. The zero-order chi connectivity index (χ0) is 25.4. The van der Waals surface area contributed by atoms with Gasteiger partial charge in [-0.1, -0.05) is 58.5 Å². The average Bonchev–Trinajstić information content (AvgIpc) is 3.40. The van der Waals surface area contributed by atoms with Crippen LogP contribution in [0.1, 0.15) is 30.5 Å². The maximum atomic E-state index is 13.8. The minimum absolute atomic E-state index is 0.0591. The molecule has 5 rings (SSSR count). The fraction of sp³-hybridized carbons (Fsp3) is 0.148. The van der Waals surface area contributed by atoms with Crippen LogP contribution in [0.15, 0.2) is 76.8 Å². The van der Waals surface area contributed by atoms with E-state index in [4.69, 9.17) is 4.74 Å². The molecule has 0 bridgehead atoms. The van der Waals surface area contributed by atoms with E-state index in [1.807, 2.05) is 13.0 Å². The Morgan fingerprint density at radius 1 is 1.14 bits per heavy atom. The van der Waals surface area contributed by atoms with Crippen molar-refractivity contribution < 1.29 is 23.8 Å². The van der Waals surface area contributed by atoms with Crippen LogP contribution in [0.3, 0.4) is 0 Å². The Kier molecular flexibility index (Phi) is 6.59. The lowest BCUT2D eigenvalue weighted by Crippen LogP contribution is -2.29. The van der Waals surface area contributed by atoms with E-state index in [9.17, 15) is 19.1 Å². The highest BCUT2D eigenvalue weighted by Crippen LogP contribution is 2.44. The minimum atomic E-state index is -0.937. The van der Waals surface area contributed by atoms with Crippen molar-refractivity contribution in [2.75, 3.05) is 11.5 Å². The first-order chi connectivity index (χ1) is 17.4. The topological polar surface area (TPSA) is 79.7 Å². The summed E-state index contributed by atoms with van der Waals surface area (Å²) in [7, 11) is 0. The molecule has 3 aromatic carbocycles. The molecule has 6 nitrogen and oxygen atoms in total. The second-order valence-electron chi connectivity index (χ2n) is 8.21. The first-order valence-electron chi connectivity index (χ1n) is 11.2. The molecule has 0 radical (unpaired) electrons. The number of carbonyl (C=O) groups is 2. The van der Waals surface area contributed by atoms with E-state index in [0.717, 1.165) is 22.2 Å². The first-order valence-corrected chi connectivity index (χ1v) is 12.8. The molecule has 9 heteroatoms. The second-order valence-corrected chi connectivity index (χ2v) is 10.1. The molecule has 1 aromatic heterocycles. The van der Waals surface area contributed by atoms with Gasteiger partial charge in [-0.25, -0.2) is 9.37 Å². The number of nitrogens with zero attached hydrogens (tertiary/aromatic N) is 2. The summed E-state index contributed by atoms with van der Waals surface area (Å²) in [6.45, 7) is 2.49. The number of halogens is 2. The molecule has 182 valence electrons. The van der Waals surface area contributed by atoms with Crippen LogP contribution in [0.5, 0.6) is 5.75 Å². The zero-order valence-corrected chi connectivity index (χ0v) is 21.5. The van der Waals surface area contributed by atoms with E-state index in [2.05, 4.69) is 20.9 Å². The maximum Gasteiger partial charge on any atom is 0.301 e. The van der Waals surface area contributed by atoms with E-state index < -0.39 is 23.5 Å². The van der Waals surface area contributed by atoms with Gasteiger partial charge in [-0.3, -0.25) is 14.5 Å². The Balaban J connectivity index is 1.69. The monoisotopic (exact) mass is 566 g/mol. The van der Waals surface area contributed by atoms with E-state index in [-0.39, 0.29) is 16.5 Å². The van der Waals surface area contributed by atoms with Crippen molar-refractivity contribution in [2.45, 2.75) is 19.4 Å². The van der Waals surface area contributed by atoms with Gasteiger partial charge in [-0.2, -0.15) is 0 Å². The lowest BCUT2D eigenvalue weighted by molar-refractivity contribution is -0.132. The summed E-state index contributed by atoms with van der Waals surface area (Å²) < 4.78 is 20.8. The predicted octanol–water partition coefficient (Wildman–Crippen LogP) is 6.61. The summed E-state index contributed by atoms with van der Waals surface area (Å²) in [6.07, 6.45) is 0.816. The van der Waals surface area contributed by atoms with Gasteiger partial charge in [-0.05, 0) is 54.4 Å². The molecule has 1 amide bonds. The Hall–Kier alpha value is -3.56. The van der Waals surface area contributed by atoms with Gasteiger partial charge in [0.1, 0.15) is 17.3 Å². The maximum absolute atomic E-state index is 13.8. The van der Waals surface area contributed by atoms with Gasteiger partial charge in [0.05, 0.1) is 28.4 Å². The minimum Gasteiger partial charge on any atom is -0.507 e. The van der Waals surface area contributed by atoms with Gasteiger partial charge in [0, 0.05) is 10.0 Å². The molecule has 1 saturated heterocycles. The van der Waals surface area contributed by atoms with E-state index in [1.165, 1.54) is 23.1 Å². The third kappa shape index (κ3) is 4.40. The van der Waals surface area contributed by atoms with Gasteiger partial charge in [0.25, 0.3) is 5.78 Å². The number of benzene rings is 3. The van der Waals surface area contributed by atoms with Crippen molar-refractivity contribution in [3.63, 3.8) is 0 Å². The number of carbonyl (C=O) groups excluding carboxylic acids is 2. The van der Waals surface area contributed by atoms with Crippen molar-refractivity contribution in [3.8, 4) is 5.75 Å². The number of aromatic nitrogens is 1. The molecule has 0 aliphatic carbocycles. The van der Waals surface area contributed by atoms with E-state index in [1.54, 1.807) is 42.5 Å². The van der Waals surface area contributed by atoms with Crippen LogP contribution in [0.2, 0.25) is 0 Å². The number of Topliss-reactive ketones (excluding diaryl/α,β-unsaturated/α-hetero) is 1. The van der Waals surface area contributed by atoms with Gasteiger partial charge < -0.3 is 9.84 Å². The number of hydrogen-bond acceptors (Lipinski definition) is 6. The van der Waals surface area contributed by atoms with Crippen molar-refractivity contribution in [3.05, 3.63) is 93.7 Å². The summed E-state index contributed by atoms with van der Waals surface area (Å²) >= 11 is 4.55. The van der Waals surface area contributed by atoms with Gasteiger partial charge in [0.15, 0.2) is 5.13 Å². The summed E-state index contributed by atoms with van der Waals surface area (Å²) in [5.74, 6) is -1.84. The largest absolute Gasteiger partial charge is 0.507 e. The first kappa shape index (κ1) is 24.1. The summed E-state index contributed by atoms with van der Waals surface area (Å²) in [4.78, 5) is 32.5. The second kappa shape index (κ2) is 9.83. The Morgan fingerprint density at radius 3 is 2.72 bits per heavy atom. The zero-order valence-electron chi connectivity index (χ0n) is 19.1. The molecule has 1 aliphatic heterocycles. The molecule has 0 saturated carbocycles. The number of rotatable bonds is 6. The summed E-state index contributed by atoms with van der Waals surface area (Å²) in [5, 5.41) is 11.6. The fourth-order valence-electron chi connectivity index (χ4n) is 4.12. The number of fused-ring (bicyclic) bond motifs is 1. The Labute approximate surface area is 218 Å². The third-order valence-corrected chi connectivity index (χ3v) is 7.25. The molecule has 2 heterocycles. The summed E-state index contributed by atoms with van der Waals surface area (Å²) in [6, 6.07) is 17.1. The fourth-order valence-corrected chi connectivity index (χ4v) is 5.55. The van der Waals surface area contributed by atoms with E-state index in [0.29, 0.717) is 33.7 Å². The Morgan fingerprint density at radius 2 is 1.94 bits per heavy atom. The van der Waals surface area contributed by atoms with Crippen molar-refractivity contribution in [1.82, 2.24) is 4.98 Å². The van der Waals surface area contributed by atoms with Crippen LogP contribution >= 0.6 is 27.3 Å². The van der Waals surface area contributed by atoms with Gasteiger partial charge in [0.2, 0.25) is 0 Å². The number of ketones is 1. The summed E-state index contributed by atoms with van der Waals surface area (Å²) in [5.41, 5.74) is 1.41. The highest BCUT2D eigenvalue weighted by molar-refractivity contribution is 9.10. The quantitative estimate of drug-likeness (QED) is 0.161. The number of aliphatic hydroxyl groups is 1. The molecule has 1 N–H and O–H groups in total. The number of thiazole rings is 1. The Bertz CT molecular complexity index is 1530. The van der Waals surface area contributed by atoms with Crippen molar-refractivity contribution >= 4 is 60.1 Å². The smallest absolute Gasteiger partial charge is 0.301 e. The molecule has 1 unspecified atom stereocenters. The molecule has 1 fully saturated rings. The number of amides is 1. The van der Waals surface area contributed by atoms with Gasteiger partial charge >= 0.3 is 5.91 Å². The molecule has 1 atom stereocenters. The van der Waals surface area contributed by atoms with Gasteiger partial charge in [-0.15, -0.1) is 0 Å². The lowest BCUT2D eigenvalue weighted by Gasteiger charge is -2.23. The van der Waals surface area contributed by atoms with Crippen LogP contribution < -0.4 is 9.64 Å². The van der Waals surface area contributed by atoms with Crippen LogP contribution in [-0.2, 0) is 9.59 Å². The molecule has 0 spiro atoms. The highest BCUT2D eigenvalue weighted by atomic mass is 79.9. The molecular weight excluding hydrogens is 547 g/mol. The number of ether oxygens (including phenoxy) is 1. The number of hydrogen-bond donors (Lipinski definition) is 1. The molecular formula is C27H20BrFN2O4S. The van der Waals surface area contributed by atoms with Crippen molar-refractivity contribution in [2.24, 2.45) is 0 Å². The van der Waals surface area contributed by atoms with Crippen LogP contribution in [0.4, 0.5) is 9.52 Å².